The van der Waals surface area contributed by atoms with Gasteiger partial charge in [-0.25, -0.2) is 0 Å². The van der Waals surface area contributed by atoms with Crippen molar-refractivity contribution in [2.45, 2.75) is 0 Å². The average Bonchev–Trinajstić information content (AvgIpc) is 3.98. The normalized spacial score (nSPS) is 15.0. The topological polar surface area (TPSA) is 43.8 Å². The number of rotatable bonds is 4. The van der Waals surface area contributed by atoms with Crippen molar-refractivity contribution in [2.24, 2.45) is 17.0 Å². The van der Waals surface area contributed by atoms with Crippen LogP contribution in [0.3, 0.4) is 0 Å². The maximum atomic E-state index is 5.36. The maximum absolute atomic E-state index is 5.36. The van der Waals surface area contributed by atoms with Gasteiger partial charge >= 0.3 is 16.5 Å². The molecule has 240 valence electrons. The number of fused-ring (bicyclic) bond motifs is 6. The molecular weight excluding hydrogens is 655 g/mol. The summed E-state index contributed by atoms with van der Waals surface area (Å²) in [6.07, 6.45) is 10.6. The van der Waals surface area contributed by atoms with Crippen LogP contribution in [-0.2, 0) is 23.5 Å². The van der Waals surface area contributed by atoms with Gasteiger partial charge in [0.2, 0.25) is 0 Å². The molecule has 9 rings (SSSR count). The second-order valence-electron chi connectivity index (χ2n) is 12.2. The van der Waals surface area contributed by atoms with Crippen LogP contribution >= 0.6 is 0 Å². The summed E-state index contributed by atoms with van der Waals surface area (Å²) in [6, 6.07) is 49.8. The Balaban J connectivity index is 0.00000361. The molecule has 0 amide bonds. The van der Waals surface area contributed by atoms with Crippen molar-refractivity contribution < 1.29 is 16.5 Å². The molecule has 6 aromatic rings. The van der Waals surface area contributed by atoms with E-state index in [2.05, 4.69) is 157 Å². The minimum atomic E-state index is 0. The van der Waals surface area contributed by atoms with E-state index in [1.807, 2.05) is 24.3 Å². The Hall–Kier alpha value is -6.03. The van der Waals surface area contributed by atoms with E-state index < -0.39 is 0 Å². The van der Waals surface area contributed by atoms with Gasteiger partial charge in [-0.05, 0) is 64.9 Å². The van der Waals surface area contributed by atoms with Gasteiger partial charge in [0, 0.05) is 11.4 Å². The smallest absolute Gasteiger partial charge is 0.657 e. The predicted octanol–water partition coefficient (Wildman–Crippen LogP) is 7.43. The van der Waals surface area contributed by atoms with Gasteiger partial charge in [-0.15, -0.1) is 22.3 Å². The van der Waals surface area contributed by atoms with Crippen LogP contribution in [0.1, 0.15) is 33.5 Å². The van der Waals surface area contributed by atoms with Crippen molar-refractivity contribution in [3.8, 4) is 0 Å². The Morgan fingerprint density at radius 2 is 0.880 bits per heavy atom. The van der Waals surface area contributed by atoms with Gasteiger partial charge in [0.05, 0.1) is 11.4 Å². The molecule has 0 aliphatic carbocycles. The van der Waals surface area contributed by atoms with E-state index in [0.717, 1.165) is 89.3 Å². The van der Waals surface area contributed by atoms with Crippen LogP contribution in [0.2, 0.25) is 0 Å². The molecule has 0 fully saturated rings. The number of aryl methyl sites for hydroxylation is 1. The third kappa shape index (κ3) is 5.52. The summed E-state index contributed by atoms with van der Waals surface area (Å²) < 4.78 is 2.16. The summed E-state index contributed by atoms with van der Waals surface area (Å²) >= 11 is 0. The van der Waals surface area contributed by atoms with Crippen molar-refractivity contribution in [1.82, 2.24) is 9.55 Å². The first-order valence-corrected chi connectivity index (χ1v) is 16.4. The first kappa shape index (κ1) is 31.3. The first-order chi connectivity index (χ1) is 24.2. The molecule has 5 heteroatoms. The summed E-state index contributed by atoms with van der Waals surface area (Å²) in [4.78, 5) is 16.0. The molecule has 0 radical (unpaired) electrons. The largest absolute Gasteiger partial charge is 2.00 e. The second-order valence-corrected chi connectivity index (χ2v) is 12.2. The molecule has 3 aliphatic heterocycles. The van der Waals surface area contributed by atoms with Gasteiger partial charge in [-0.3, -0.25) is 9.98 Å². The number of hydrogen-bond donors (Lipinski definition) is 0. The minimum Gasteiger partial charge on any atom is -0.657 e. The third-order valence-corrected chi connectivity index (χ3v) is 9.14. The fraction of sp³-hybridized carbons (Fsp3) is 0.0222. The molecule has 5 heterocycles. The average molecular weight is 685 g/mol. The molecule has 0 atom stereocenters. The Morgan fingerprint density at radius 1 is 0.480 bits per heavy atom. The van der Waals surface area contributed by atoms with Crippen LogP contribution in [0.15, 0.2) is 185 Å². The van der Waals surface area contributed by atoms with Gasteiger partial charge < -0.3 is 9.55 Å². The van der Waals surface area contributed by atoms with E-state index in [0.29, 0.717) is 0 Å². The minimum absolute atomic E-state index is 0. The van der Waals surface area contributed by atoms with E-state index in [1.54, 1.807) is 0 Å². The Morgan fingerprint density at radius 3 is 1.34 bits per heavy atom. The standard InChI is InChI=1S/C45H30N4.Ni/c1-49-29-34-28-41(49)45(33-20-12-5-13-21-33)40-27-26-39(48-40)44(32-18-10-4-11-19-32)38-25-24-37(47-38)43(31-16-8-3-9-17-31)36-23-22-35(46-36)42(34)30-14-6-2-7-15-30;/h2-27,29H,1H3;/q-2;+2. The van der Waals surface area contributed by atoms with Crippen LogP contribution in [-0.4, -0.2) is 16.0 Å². The Labute approximate surface area is 301 Å². The molecule has 0 saturated heterocycles. The Kier molecular flexibility index (Phi) is 8.20. The Bertz CT molecular complexity index is 2560. The maximum Gasteiger partial charge on any atom is 2.00 e. The number of aliphatic imine (C=N–C) groups is 2. The van der Waals surface area contributed by atoms with Gasteiger partial charge in [0.25, 0.3) is 0 Å². The zero-order chi connectivity index (χ0) is 32.7. The molecule has 8 bridgehead atoms. The van der Waals surface area contributed by atoms with Gasteiger partial charge in [0.1, 0.15) is 0 Å². The number of allylic oxidation sites excluding steroid dienone is 4. The molecule has 3 aliphatic rings. The van der Waals surface area contributed by atoms with Crippen LogP contribution in [0, 0.1) is 6.07 Å². The van der Waals surface area contributed by atoms with Crippen molar-refractivity contribution in [1.29, 1.82) is 0 Å². The van der Waals surface area contributed by atoms with Crippen molar-refractivity contribution >= 4 is 33.7 Å². The van der Waals surface area contributed by atoms with Crippen LogP contribution < -0.4 is 15.7 Å². The molecule has 0 unspecified atom stereocenters. The summed E-state index contributed by atoms with van der Waals surface area (Å²) in [5.41, 5.74) is 13.7. The summed E-state index contributed by atoms with van der Waals surface area (Å²) in [6.45, 7) is 0. The summed E-state index contributed by atoms with van der Waals surface area (Å²) in [5.74, 6) is 0. The number of aromatic nitrogens is 2. The van der Waals surface area contributed by atoms with E-state index in [4.69, 9.17) is 15.0 Å². The number of hydrogen-bond acceptors (Lipinski definition) is 2. The quantitative estimate of drug-likeness (QED) is 0.141. The zero-order valence-electron chi connectivity index (χ0n) is 27.2. The van der Waals surface area contributed by atoms with Crippen molar-refractivity contribution in [2.75, 3.05) is 0 Å². The summed E-state index contributed by atoms with van der Waals surface area (Å²) in [7, 11) is 2.08. The fourth-order valence-corrected chi connectivity index (χ4v) is 6.91. The molecule has 50 heavy (non-hydrogen) atoms. The van der Waals surface area contributed by atoms with Crippen LogP contribution in [0.25, 0.3) is 22.3 Å². The number of nitrogens with zero attached hydrogens (tertiary/aromatic N) is 4. The van der Waals surface area contributed by atoms with E-state index in [-0.39, 0.29) is 16.5 Å². The van der Waals surface area contributed by atoms with E-state index >= 15 is 0 Å². The fourth-order valence-electron chi connectivity index (χ4n) is 6.91. The van der Waals surface area contributed by atoms with Crippen LogP contribution in [0.4, 0.5) is 0 Å². The van der Waals surface area contributed by atoms with Crippen molar-refractivity contribution in [3.05, 3.63) is 226 Å². The third-order valence-electron chi connectivity index (χ3n) is 9.14. The molecule has 4 nitrogen and oxygen atoms in total. The van der Waals surface area contributed by atoms with Crippen LogP contribution in [0.5, 0.6) is 0 Å². The monoisotopic (exact) mass is 684 g/mol. The first-order valence-electron chi connectivity index (χ1n) is 16.4. The van der Waals surface area contributed by atoms with E-state index in [9.17, 15) is 0 Å². The molecule has 2 aromatic heterocycles. The predicted molar refractivity (Wildman–Crippen MR) is 199 cm³/mol. The second kappa shape index (κ2) is 13.1. The van der Waals surface area contributed by atoms with Gasteiger partial charge in [-0.2, -0.15) is 0 Å². The van der Waals surface area contributed by atoms with Gasteiger partial charge in [-0.1, -0.05) is 156 Å². The van der Waals surface area contributed by atoms with E-state index in [1.165, 1.54) is 0 Å². The zero-order valence-corrected chi connectivity index (χ0v) is 28.2. The molecule has 0 N–H and O–H groups in total. The van der Waals surface area contributed by atoms with Crippen molar-refractivity contribution in [3.63, 3.8) is 0 Å². The molecule has 0 spiro atoms. The summed E-state index contributed by atoms with van der Waals surface area (Å²) in [5, 5.41) is 1.73. The van der Waals surface area contributed by atoms with Gasteiger partial charge in [0.15, 0.2) is 0 Å². The molecule has 4 aromatic carbocycles. The number of benzene rings is 4. The molecule has 0 saturated carbocycles. The SMILES string of the molecule is Cn1cc2[c-]c1C(c1ccccc1)=C1C=CC(=N1)C(c1ccccc1)=c1ccc([n-]1)=C(c1ccccc1)C1=NC(=C2c2ccccc2)C=C1.[Ni+2]. The molecular formula is C45H30N4Ni.